The van der Waals surface area contributed by atoms with Crippen molar-refractivity contribution in [3.8, 4) is 0 Å². The monoisotopic (exact) mass is 329 g/mol. The highest BCUT2D eigenvalue weighted by Gasteiger charge is 2.25. The summed E-state index contributed by atoms with van der Waals surface area (Å²) in [5.74, 6) is 0.106. The third-order valence-electron chi connectivity index (χ3n) is 4.48. The van der Waals surface area contributed by atoms with Crippen LogP contribution in [0.4, 0.5) is 4.79 Å². The van der Waals surface area contributed by atoms with Gasteiger partial charge in [0.1, 0.15) is 0 Å². The number of hydrogen-bond acceptors (Lipinski definition) is 3. The number of amides is 2. The van der Waals surface area contributed by atoms with E-state index in [0.29, 0.717) is 39.2 Å². The molecule has 0 radical (unpaired) electrons. The van der Waals surface area contributed by atoms with Crippen LogP contribution >= 0.6 is 0 Å². The second-order valence-corrected chi connectivity index (χ2v) is 6.03. The van der Waals surface area contributed by atoms with E-state index < -0.39 is 0 Å². The van der Waals surface area contributed by atoms with Crippen LogP contribution in [0.3, 0.4) is 0 Å². The Morgan fingerprint density at radius 1 is 1.08 bits per heavy atom. The molecule has 0 unspecified atom stereocenters. The van der Waals surface area contributed by atoms with E-state index in [-0.39, 0.29) is 12.0 Å². The summed E-state index contributed by atoms with van der Waals surface area (Å²) in [5, 5.41) is 1.12. The zero-order valence-corrected chi connectivity index (χ0v) is 14.2. The third kappa shape index (κ3) is 3.22. The largest absolute Gasteiger partial charge is 0.450 e. The van der Waals surface area contributed by atoms with Gasteiger partial charge >= 0.3 is 6.09 Å². The number of para-hydroxylation sites is 1. The first-order valence-electron chi connectivity index (χ1n) is 8.32. The fourth-order valence-electron chi connectivity index (χ4n) is 3.19. The Balaban J connectivity index is 1.63. The summed E-state index contributed by atoms with van der Waals surface area (Å²) in [5.41, 5.74) is 2.18. The number of hydrogen-bond donors (Lipinski definition) is 0. The molecule has 6 heteroatoms. The summed E-state index contributed by atoms with van der Waals surface area (Å²) in [6, 6.07) is 8.11. The lowest BCUT2D eigenvalue weighted by atomic mass is 10.1. The van der Waals surface area contributed by atoms with Crippen molar-refractivity contribution in [1.82, 2.24) is 14.4 Å². The van der Waals surface area contributed by atoms with E-state index in [1.54, 1.807) is 11.8 Å². The van der Waals surface area contributed by atoms with Gasteiger partial charge < -0.3 is 19.1 Å². The van der Waals surface area contributed by atoms with Crippen molar-refractivity contribution in [3.63, 3.8) is 0 Å². The van der Waals surface area contributed by atoms with Gasteiger partial charge in [-0.25, -0.2) is 4.79 Å². The minimum absolute atomic E-state index is 0.106. The van der Waals surface area contributed by atoms with Crippen LogP contribution in [-0.4, -0.2) is 59.2 Å². The smallest absolute Gasteiger partial charge is 0.409 e. The summed E-state index contributed by atoms with van der Waals surface area (Å²) >= 11 is 0. The van der Waals surface area contributed by atoms with E-state index in [1.807, 2.05) is 30.3 Å². The van der Waals surface area contributed by atoms with Gasteiger partial charge in [0.2, 0.25) is 5.91 Å². The fourth-order valence-corrected chi connectivity index (χ4v) is 3.19. The van der Waals surface area contributed by atoms with Crippen LogP contribution in [-0.2, 0) is 23.0 Å². The van der Waals surface area contributed by atoms with Crippen molar-refractivity contribution in [1.29, 1.82) is 0 Å². The molecule has 2 aromatic rings. The van der Waals surface area contributed by atoms with Gasteiger partial charge in [-0.2, -0.15) is 0 Å². The number of benzene rings is 1. The van der Waals surface area contributed by atoms with Crippen molar-refractivity contribution in [2.24, 2.45) is 7.05 Å². The number of rotatable bonds is 3. The first-order chi connectivity index (χ1) is 11.6. The van der Waals surface area contributed by atoms with Crippen molar-refractivity contribution in [3.05, 3.63) is 36.0 Å². The fraction of sp³-hybridized carbons (Fsp3) is 0.444. The molecule has 1 saturated heterocycles. The number of ether oxygens (including phenoxy) is 1. The molecule has 2 heterocycles. The Hall–Kier alpha value is -2.50. The van der Waals surface area contributed by atoms with E-state index in [9.17, 15) is 9.59 Å². The molecule has 0 N–H and O–H groups in total. The van der Waals surface area contributed by atoms with Gasteiger partial charge in [-0.05, 0) is 18.6 Å². The molecule has 1 aromatic heterocycles. The Bertz CT molecular complexity index is 745. The maximum Gasteiger partial charge on any atom is 0.409 e. The average molecular weight is 329 g/mol. The summed E-state index contributed by atoms with van der Waals surface area (Å²) < 4.78 is 7.06. The van der Waals surface area contributed by atoms with Gasteiger partial charge in [0.15, 0.2) is 0 Å². The highest BCUT2D eigenvalue weighted by molar-refractivity contribution is 5.89. The number of aromatic nitrogens is 1. The van der Waals surface area contributed by atoms with Crippen molar-refractivity contribution >= 4 is 22.9 Å². The number of fused-ring (bicyclic) bond motifs is 1. The molecule has 1 fully saturated rings. The van der Waals surface area contributed by atoms with Gasteiger partial charge in [-0.3, -0.25) is 4.79 Å². The quantitative estimate of drug-likeness (QED) is 0.866. The molecule has 24 heavy (non-hydrogen) atoms. The second-order valence-electron chi connectivity index (χ2n) is 6.03. The molecule has 0 bridgehead atoms. The predicted octanol–water partition coefficient (Wildman–Crippen LogP) is 2.02. The van der Waals surface area contributed by atoms with Gasteiger partial charge in [-0.15, -0.1) is 0 Å². The number of carbonyl (C=O) groups is 2. The Kier molecular flexibility index (Phi) is 4.74. The van der Waals surface area contributed by atoms with Crippen molar-refractivity contribution < 1.29 is 14.3 Å². The third-order valence-corrected chi connectivity index (χ3v) is 4.48. The molecule has 1 aliphatic heterocycles. The number of nitrogens with zero attached hydrogens (tertiary/aromatic N) is 3. The predicted molar refractivity (Wildman–Crippen MR) is 91.8 cm³/mol. The number of piperazine rings is 1. The maximum atomic E-state index is 12.6. The van der Waals surface area contributed by atoms with Gasteiger partial charge in [0, 0.05) is 50.3 Å². The molecule has 1 aromatic carbocycles. The lowest BCUT2D eigenvalue weighted by molar-refractivity contribution is -0.132. The highest BCUT2D eigenvalue weighted by atomic mass is 16.6. The zero-order valence-electron chi connectivity index (χ0n) is 14.2. The number of carbonyl (C=O) groups excluding carboxylic acids is 2. The Morgan fingerprint density at radius 2 is 1.75 bits per heavy atom. The Morgan fingerprint density at radius 3 is 2.46 bits per heavy atom. The SMILES string of the molecule is CCOC(=O)N1CCN(C(=O)Cc2cn(C)c3ccccc23)CC1. The second kappa shape index (κ2) is 6.95. The van der Waals surface area contributed by atoms with Gasteiger partial charge in [0.25, 0.3) is 0 Å². The minimum atomic E-state index is -0.293. The topological polar surface area (TPSA) is 54.8 Å². The normalized spacial score (nSPS) is 14.9. The average Bonchev–Trinajstić information content (AvgIpc) is 2.91. The molecule has 0 aliphatic carbocycles. The molecular formula is C18H23N3O3. The first-order valence-corrected chi connectivity index (χ1v) is 8.32. The van der Waals surface area contributed by atoms with E-state index in [2.05, 4.69) is 16.7 Å². The van der Waals surface area contributed by atoms with Crippen LogP contribution in [0.25, 0.3) is 10.9 Å². The van der Waals surface area contributed by atoms with E-state index in [4.69, 9.17) is 4.74 Å². The van der Waals surface area contributed by atoms with Crippen LogP contribution in [0.2, 0.25) is 0 Å². The molecule has 0 atom stereocenters. The van der Waals surface area contributed by atoms with E-state index in [1.165, 1.54) is 0 Å². The van der Waals surface area contributed by atoms with Crippen LogP contribution in [0.5, 0.6) is 0 Å². The van der Waals surface area contributed by atoms with E-state index in [0.717, 1.165) is 16.5 Å². The molecule has 2 amide bonds. The minimum Gasteiger partial charge on any atom is -0.450 e. The van der Waals surface area contributed by atoms with Crippen LogP contribution in [0.15, 0.2) is 30.5 Å². The van der Waals surface area contributed by atoms with Crippen molar-refractivity contribution in [2.75, 3.05) is 32.8 Å². The zero-order chi connectivity index (χ0) is 17.1. The van der Waals surface area contributed by atoms with Crippen LogP contribution in [0, 0.1) is 0 Å². The van der Waals surface area contributed by atoms with Crippen LogP contribution in [0.1, 0.15) is 12.5 Å². The summed E-state index contributed by atoms with van der Waals surface area (Å²) in [6.07, 6.45) is 2.12. The lowest BCUT2D eigenvalue weighted by Gasteiger charge is -2.34. The molecule has 0 saturated carbocycles. The van der Waals surface area contributed by atoms with Crippen LogP contribution < -0.4 is 0 Å². The highest BCUT2D eigenvalue weighted by Crippen LogP contribution is 2.21. The lowest BCUT2D eigenvalue weighted by Crippen LogP contribution is -2.51. The molecular weight excluding hydrogens is 306 g/mol. The summed E-state index contributed by atoms with van der Waals surface area (Å²) in [4.78, 5) is 27.8. The molecule has 1 aliphatic rings. The van der Waals surface area contributed by atoms with E-state index >= 15 is 0 Å². The summed E-state index contributed by atoms with van der Waals surface area (Å²) in [7, 11) is 1.99. The van der Waals surface area contributed by atoms with Gasteiger partial charge in [0.05, 0.1) is 13.0 Å². The molecule has 0 spiro atoms. The standard InChI is InChI=1S/C18H23N3O3/c1-3-24-18(23)21-10-8-20(9-11-21)17(22)12-14-13-19(2)16-7-5-4-6-15(14)16/h4-7,13H,3,8-12H2,1-2H3. The molecule has 6 nitrogen and oxygen atoms in total. The summed E-state index contributed by atoms with van der Waals surface area (Å²) in [6.45, 7) is 4.34. The molecule has 128 valence electrons. The van der Waals surface area contributed by atoms with Crippen molar-refractivity contribution in [2.45, 2.75) is 13.3 Å². The molecule has 3 rings (SSSR count). The van der Waals surface area contributed by atoms with Gasteiger partial charge in [-0.1, -0.05) is 18.2 Å². The number of aryl methyl sites for hydroxylation is 1. The Labute approximate surface area is 141 Å². The first kappa shape index (κ1) is 16.4. The maximum absolute atomic E-state index is 12.6.